The lowest BCUT2D eigenvalue weighted by Gasteiger charge is -2.37. The minimum Gasteiger partial charge on any atom is -0.349 e. The second-order valence-corrected chi connectivity index (χ2v) is 5.81. The predicted octanol–water partition coefficient (Wildman–Crippen LogP) is 2.01. The molecular formula is C12H23NO2. The molecule has 2 rings (SSSR count). The highest BCUT2D eigenvalue weighted by Crippen LogP contribution is 2.37. The summed E-state index contributed by atoms with van der Waals surface area (Å²) in [5.74, 6) is -0.301. The number of likely N-dealkylation sites (tertiary alicyclic amines) is 1. The number of rotatable bonds is 0. The molecule has 0 saturated carbocycles. The fourth-order valence-corrected chi connectivity index (χ4v) is 2.76. The van der Waals surface area contributed by atoms with Crippen LogP contribution < -0.4 is 0 Å². The smallest absolute Gasteiger partial charge is 0.182 e. The van der Waals surface area contributed by atoms with Gasteiger partial charge in [-0.05, 0) is 34.1 Å². The van der Waals surface area contributed by atoms with Crippen molar-refractivity contribution in [1.29, 1.82) is 0 Å². The minimum atomic E-state index is -0.301. The van der Waals surface area contributed by atoms with Gasteiger partial charge in [-0.1, -0.05) is 0 Å². The Morgan fingerprint density at radius 3 is 2.27 bits per heavy atom. The van der Waals surface area contributed by atoms with Crippen LogP contribution in [0.5, 0.6) is 0 Å². The van der Waals surface area contributed by atoms with E-state index in [0.29, 0.717) is 6.04 Å². The standard InChI is InChI=1S/C12H23NO2/c1-10-8-12(14-6-5-7-15-12)9-13(10)11(2,3)4/h10H,5-9H2,1-4H3/t10-/m1/s1. The predicted molar refractivity (Wildman–Crippen MR) is 59.8 cm³/mol. The molecule has 0 bridgehead atoms. The van der Waals surface area contributed by atoms with Crippen LogP contribution in [0.25, 0.3) is 0 Å². The highest BCUT2D eigenvalue weighted by atomic mass is 16.7. The van der Waals surface area contributed by atoms with Crippen LogP contribution in [0.15, 0.2) is 0 Å². The highest BCUT2D eigenvalue weighted by Gasteiger charge is 2.48. The van der Waals surface area contributed by atoms with Crippen LogP contribution in [-0.2, 0) is 9.47 Å². The van der Waals surface area contributed by atoms with Gasteiger partial charge in [0.15, 0.2) is 5.79 Å². The van der Waals surface area contributed by atoms with E-state index in [4.69, 9.17) is 9.47 Å². The van der Waals surface area contributed by atoms with Crippen LogP contribution in [0.4, 0.5) is 0 Å². The Balaban J connectivity index is 2.08. The maximum absolute atomic E-state index is 5.86. The third-order valence-electron chi connectivity index (χ3n) is 3.43. The molecule has 0 aromatic carbocycles. The van der Waals surface area contributed by atoms with Crippen LogP contribution >= 0.6 is 0 Å². The zero-order valence-electron chi connectivity index (χ0n) is 10.4. The van der Waals surface area contributed by atoms with Crippen LogP contribution in [0, 0.1) is 0 Å². The molecule has 1 atom stereocenters. The Morgan fingerprint density at radius 2 is 1.80 bits per heavy atom. The van der Waals surface area contributed by atoms with Gasteiger partial charge in [0, 0.05) is 18.0 Å². The fraction of sp³-hybridized carbons (Fsp3) is 1.00. The molecule has 0 aliphatic carbocycles. The summed E-state index contributed by atoms with van der Waals surface area (Å²) in [7, 11) is 0. The van der Waals surface area contributed by atoms with Gasteiger partial charge in [-0.25, -0.2) is 0 Å². The molecule has 1 spiro atoms. The molecule has 2 aliphatic rings. The van der Waals surface area contributed by atoms with Crippen molar-refractivity contribution in [2.45, 2.75) is 57.9 Å². The first kappa shape index (κ1) is 11.4. The average Bonchev–Trinajstić information content (AvgIpc) is 2.44. The van der Waals surface area contributed by atoms with Gasteiger partial charge in [-0.2, -0.15) is 0 Å². The largest absolute Gasteiger partial charge is 0.349 e. The molecule has 0 unspecified atom stereocenters. The first-order valence-corrected chi connectivity index (χ1v) is 5.98. The SMILES string of the molecule is C[C@@H]1CC2(CN1C(C)(C)C)OCCCO2. The third kappa shape index (κ3) is 2.19. The molecule has 15 heavy (non-hydrogen) atoms. The van der Waals surface area contributed by atoms with Crippen molar-refractivity contribution in [3.63, 3.8) is 0 Å². The molecule has 2 heterocycles. The summed E-state index contributed by atoms with van der Waals surface area (Å²) in [6, 6.07) is 0.545. The average molecular weight is 213 g/mol. The van der Waals surface area contributed by atoms with Crippen LogP contribution in [-0.4, -0.2) is 42.0 Å². The molecular weight excluding hydrogens is 190 g/mol. The van der Waals surface area contributed by atoms with Crippen LogP contribution in [0.2, 0.25) is 0 Å². The molecule has 2 fully saturated rings. The summed E-state index contributed by atoms with van der Waals surface area (Å²) < 4.78 is 11.7. The summed E-state index contributed by atoms with van der Waals surface area (Å²) in [5, 5.41) is 0. The second-order valence-electron chi connectivity index (χ2n) is 5.81. The van der Waals surface area contributed by atoms with Crippen molar-refractivity contribution in [2.24, 2.45) is 0 Å². The first-order valence-electron chi connectivity index (χ1n) is 5.98. The normalized spacial score (nSPS) is 32.4. The van der Waals surface area contributed by atoms with E-state index in [2.05, 4.69) is 32.6 Å². The summed E-state index contributed by atoms with van der Waals surface area (Å²) in [4.78, 5) is 2.48. The van der Waals surface area contributed by atoms with Gasteiger partial charge in [-0.15, -0.1) is 0 Å². The number of hydrogen-bond acceptors (Lipinski definition) is 3. The lowest BCUT2D eigenvalue weighted by atomic mass is 10.1. The van der Waals surface area contributed by atoms with Crippen molar-refractivity contribution in [1.82, 2.24) is 4.90 Å². The Labute approximate surface area is 92.7 Å². The van der Waals surface area contributed by atoms with E-state index in [-0.39, 0.29) is 11.3 Å². The van der Waals surface area contributed by atoms with E-state index in [9.17, 15) is 0 Å². The zero-order valence-corrected chi connectivity index (χ0v) is 10.4. The quantitative estimate of drug-likeness (QED) is 0.614. The van der Waals surface area contributed by atoms with E-state index in [1.165, 1.54) is 0 Å². The fourth-order valence-electron chi connectivity index (χ4n) is 2.76. The van der Waals surface area contributed by atoms with E-state index >= 15 is 0 Å². The van der Waals surface area contributed by atoms with Crippen LogP contribution in [0.1, 0.15) is 40.5 Å². The molecule has 3 heteroatoms. The Hall–Kier alpha value is -0.120. The number of hydrogen-bond donors (Lipinski definition) is 0. The summed E-state index contributed by atoms with van der Waals surface area (Å²) in [6.45, 7) is 11.6. The molecule has 0 amide bonds. The van der Waals surface area contributed by atoms with E-state index in [1.54, 1.807) is 0 Å². The maximum Gasteiger partial charge on any atom is 0.182 e. The molecule has 88 valence electrons. The number of nitrogens with zero attached hydrogens (tertiary/aromatic N) is 1. The molecule has 0 N–H and O–H groups in total. The van der Waals surface area contributed by atoms with Crippen molar-refractivity contribution in [3.8, 4) is 0 Å². The van der Waals surface area contributed by atoms with Crippen molar-refractivity contribution < 1.29 is 9.47 Å². The first-order chi connectivity index (χ1) is 6.93. The van der Waals surface area contributed by atoms with Crippen molar-refractivity contribution in [2.75, 3.05) is 19.8 Å². The van der Waals surface area contributed by atoms with Gasteiger partial charge >= 0.3 is 0 Å². The lowest BCUT2D eigenvalue weighted by Crippen LogP contribution is -2.48. The topological polar surface area (TPSA) is 21.7 Å². The lowest BCUT2D eigenvalue weighted by molar-refractivity contribution is -0.259. The third-order valence-corrected chi connectivity index (χ3v) is 3.43. The summed E-state index contributed by atoms with van der Waals surface area (Å²) >= 11 is 0. The van der Waals surface area contributed by atoms with Crippen molar-refractivity contribution in [3.05, 3.63) is 0 Å². The highest BCUT2D eigenvalue weighted by molar-refractivity contribution is 4.96. The molecule has 2 saturated heterocycles. The second kappa shape index (κ2) is 3.72. The van der Waals surface area contributed by atoms with Gasteiger partial charge in [0.25, 0.3) is 0 Å². The zero-order chi connectivity index (χ0) is 11.1. The van der Waals surface area contributed by atoms with Gasteiger partial charge in [-0.3, -0.25) is 4.90 Å². The molecule has 0 aromatic rings. The molecule has 2 aliphatic heterocycles. The van der Waals surface area contributed by atoms with Crippen LogP contribution in [0.3, 0.4) is 0 Å². The van der Waals surface area contributed by atoms with E-state index < -0.39 is 0 Å². The van der Waals surface area contributed by atoms with E-state index in [1.807, 2.05) is 0 Å². The summed E-state index contributed by atoms with van der Waals surface area (Å²) in [6.07, 6.45) is 2.04. The monoisotopic (exact) mass is 213 g/mol. The molecule has 0 radical (unpaired) electrons. The number of ether oxygens (including phenoxy) is 2. The van der Waals surface area contributed by atoms with Gasteiger partial charge < -0.3 is 9.47 Å². The minimum absolute atomic E-state index is 0.201. The Bertz CT molecular complexity index is 228. The molecule has 0 aromatic heterocycles. The molecule has 3 nitrogen and oxygen atoms in total. The Morgan fingerprint density at radius 1 is 1.20 bits per heavy atom. The van der Waals surface area contributed by atoms with Gasteiger partial charge in [0.2, 0.25) is 0 Å². The van der Waals surface area contributed by atoms with E-state index in [0.717, 1.165) is 32.6 Å². The van der Waals surface area contributed by atoms with Gasteiger partial charge in [0.1, 0.15) is 0 Å². The maximum atomic E-state index is 5.86. The van der Waals surface area contributed by atoms with Gasteiger partial charge in [0.05, 0.1) is 19.8 Å². The Kier molecular flexibility index (Phi) is 2.82. The summed E-state index contributed by atoms with van der Waals surface area (Å²) in [5.41, 5.74) is 0.201. The van der Waals surface area contributed by atoms with Crippen molar-refractivity contribution >= 4 is 0 Å².